The summed E-state index contributed by atoms with van der Waals surface area (Å²) in [6.45, 7) is 7.10. The second kappa shape index (κ2) is 9.69. The molecule has 0 N–H and O–H groups in total. The van der Waals surface area contributed by atoms with E-state index in [9.17, 15) is 4.79 Å². The second-order valence-electron chi connectivity index (χ2n) is 7.00. The summed E-state index contributed by atoms with van der Waals surface area (Å²) in [5.41, 5.74) is 0.873. The molecule has 4 heteroatoms. The summed E-state index contributed by atoms with van der Waals surface area (Å²) in [4.78, 5) is 11.8. The van der Waals surface area contributed by atoms with E-state index in [0.29, 0.717) is 0 Å². The van der Waals surface area contributed by atoms with Crippen LogP contribution >= 0.6 is 0 Å². The molecule has 0 unspecified atom stereocenters. The Hall–Kier alpha value is -0.711. The summed E-state index contributed by atoms with van der Waals surface area (Å²) >= 11 is -2.63. The van der Waals surface area contributed by atoms with Gasteiger partial charge in [0.15, 0.2) is 0 Å². The van der Waals surface area contributed by atoms with Crippen LogP contribution in [0.25, 0.3) is 0 Å². The van der Waals surface area contributed by atoms with Crippen molar-refractivity contribution in [1.29, 1.82) is 0 Å². The molecule has 0 aromatic heterocycles. The van der Waals surface area contributed by atoms with E-state index < -0.39 is 18.4 Å². The van der Waals surface area contributed by atoms with Gasteiger partial charge in [-0.05, 0) is 0 Å². The van der Waals surface area contributed by atoms with Crippen molar-refractivity contribution in [2.24, 2.45) is 0 Å². The summed E-state index contributed by atoms with van der Waals surface area (Å²) < 4.78 is 16.6. The maximum atomic E-state index is 11.8. The molecular weight excluding hydrogens is 407 g/mol. The zero-order valence-electron chi connectivity index (χ0n) is 15.5. The number of unbranched alkanes of at least 4 members (excludes halogenated alkanes) is 3. The molecule has 1 heterocycles. The number of hydrogen-bond donors (Lipinski definition) is 0. The van der Waals surface area contributed by atoms with Crippen LogP contribution < -0.4 is 13.1 Å². The third-order valence-corrected chi connectivity index (χ3v) is 21.0. The van der Waals surface area contributed by atoms with Gasteiger partial charge < -0.3 is 0 Å². The Morgan fingerprint density at radius 1 is 0.917 bits per heavy atom. The van der Waals surface area contributed by atoms with Gasteiger partial charge >= 0.3 is 151 Å². The summed E-state index contributed by atoms with van der Waals surface area (Å²) in [6, 6.07) is 4.11. The monoisotopic (exact) mass is 440 g/mol. The van der Waals surface area contributed by atoms with Crippen molar-refractivity contribution in [1.82, 2.24) is 0 Å². The molecule has 1 aliphatic heterocycles. The Morgan fingerprint density at radius 3 is 1.88 bits per heavy atom. The summed E-state index contributed by atoms with van der Waals surface area (Å²) in [5, 5.41) is 0. The topological polar surface area (TPSA) is 35.5 Å². The third kappa shape index (κ3) is 4.47. The summed E-state index contributed by atoms with van der Waals surface area (Å²) in [5.74, 6) is 1.59. The zero-order valence-corrected chi connectivity index (χ0v) is 18.4. The van der Waals surface area contributed by atoms with E-state index in [0.717, 1.165) is 23.3 Å². The van der Waals surface area contributed by atoms with Crippen LogP contribution in [0.1, 0.15) is 69.7 Å². The van der Waals surface area contributed by atoms with Crippen LogP contribution in [-0.4, -0.2) is 31.5 Å². The molecule has 0 atom stereocenters. The molecule has 1 aliphatic rings. The molecule has 0 spiro atoms. The van der Waals surface area contributed by atoms with Crippen molar-refractivity contribution >= 4 is 28.2 Å². The van der Waals surface area contributed by atoms with E-state index in [1.165, 1.54) is 55.4 Å². The van der Waals surface area contributed by atoms with Gasteiger partial charge in [0.2, 0.25) is 0 Å². The van der Waals surface area contributed by atoms with E-state index in [-0.39, 0.29) is 6.79 Å². The minimum atomic E-state index is -2.63. The van der Waals surface area contributed by atoms with Crippen molar-refractivity contribution < 1.29 is 14.3 Å². The Kier molecular flexibility index (Phi) is 7.92. The minimum absolute atomic E-state index is 0.276. The molecular formula is C20H32O3Sn. The first-order chi connectivity index (χ1) is 11.7. The summed E-state index contributed by atoms with van der Waals surface area (Å²) in [7, 11) is 0. The van der Waals surface area contributed by atoms with Crippen molar-refractivity contribution in [3.8, 4) is 11.5 Å². The molecule has 134 valence electrons. The number of ether oxygens (including phenoxy) is 2. The predicted molar refractivity (Wildman–Crippen MR) is 102 cm³/mol. The fraction of sp³-hybridized carbons (Fsp3) is 0.650. The van der Waals surface area contributed by atoms with Gasteiger partial charge in [0, 0.05) is 0 Å². The van der Waals surface area contributed by atoms with Crippen LogP contribution in [0.15, 0.2) is 12.1 Å². The third-order valence-electron chi connectivity index (χ3n) is 5.27. The Balaban J connectivity index is 2.48. The van der Waals surface area contributed by atoms with Gasteiger partial charge in [-0.15, -0.1) is 0 Å². The second-order valence-corrected chi connectivity index (χ2v) is 20.1. The first kappa shape index (κ1) is 19.6. The molecule has 0 amide bonds. The molecule has 1 aromatic rings. The SMILES string of the molecule is CCC[CH2][Sn]([CH2]CCC)([CH2]CCC)[c]1cc2c(cc1C=O)OCO2. The van der Waals surface area contributed by atoms with Crippen molar-refractivity contribution in [2.75, 3.05) is 6.79 Å². The van der Waals surface area contributed by atoms with Gasteiger partial charge in [-0.2, -0.15) is 0 Å². The van der Waals surface area contributed by atoms with Crippen LogP contribution in [0, 0.1) is 0 Å². The van der Waals surface area contributed by atoms with Gasteiger partial charge in [0.25, 0.3) is 0 Å². The number of rotatable bonds is 11. The number of carbonyl (C=O) groups is 1. The maximum absolute atomic E-state index is 11.8. The molecule has 0 saturated carbocycles. The molecule has 0 aliphatic carbocycles. The van der Waals surface area contributed by atoms with Crippen LogP contribution in [0.3, 0.4) is 0 Å². The van der Waals surface area contributed by atoms with Crippen molar-refractivity contribution in [3.05, 3.63) is 17.7 Å². The zero-order chi connectivity index (χ0) is 17.4. The van der Waals surface area contributed by atoms with Crippen molar-refractivity contribution in [3.63, 3.8) is 0 Å². The van der Waals surface area contributed by atoms with E-state index in [1.54, 1.807) is 0 Å². The number of hydrogen-bond acceptors (Lipinski definition) is 3. The van der Waals surface area contributed by atoms with E-state index in [4.69, 9.17) is 9.47 Å². The van der Waals surface area contributed by atoms with Crippen LogP contribution in [0.4, 0.5) is 0 Å². The fourth-order valence-corrected chi connectivity index (χ4v) is 20.5. The Labute approximate surface area is 151 Å². The van der Waals surface area contributed by atoms with E-state index in [2.05, 4.69) is 26.8 Å². The van der Waals surface area contributed by atoms with Gasteiger partial charge in [0.05, 0.1) is 0 Å². The van der Waals surface area contributed by atoms with Gasteiger partial charge in [-0.3, -0.25) is 0 Å². The van der Waals surface area contributed by atoms with Gasteiger partial charge in [-0.1, -0.05) is 0 Å². The number of fused-ring (bicyclic) bond motifs is 1. The number of benzene rings is 1. The van der Waals surface area contributed by atoms with Crippen LogP contribution in [0.5, 0.6) is 11.5 Å². The normalized spacial score (nSPS) is 13.3. The van der Waals surface area contributed by atoms with E-state index >= 15 is 0 Å². The number of carbonyl (C=O) groups excluding carboxylic acids is 1. The Bertz CT molecular complexity index is 520. The molecule has 0 fully saturated rings. The number of aldehydes is 1. The molecule has 24 heavy (non-hydrogen) atoms. The first-order valence-electron chi connectivity index (χ1n) is 9.60. The first-order valence-corrected chi connectivity index (χ1v) is 17.1. The predicted octanol–water partition coefficient (Wildman–Crippen LogP) is 5.28. The van der Waals surface area contributed by atoms with Crippen molar-refractivity contribution in [2.45, 2.75) is 72.6 Å². The average molecular weight is 439 g/mol. The van der Waals surface area contributed by atoms with Gasteiger partial charge in [-0.25, -0.2) is 0 Å². The Morgan fingerprint density at radius 2 is 1.42 bits per heavy atom. The standard InChI is InChI=1S/C8H5O3.3C4H9.Sn/c9-4-6-1-2-7-8(3-6)11-5-10-7;3*1-3-4-2;/h2-4H,5H2;3*1,3-4H2,2H3;. The van der Waals surface area contributed by atoms with Crippen LogP contribution in [-0.2, 0) is 0 Å². The van der Waals surface area contributed by atoms with Gasteiger partial charge in [0.1, 0.15) is 0 Å². The molecule has 0 radical (unpaired) electrons. The molecule has 0 bridgehead atoms. The fourth-order valence-electron chi connectivity index (χ4n) is 3.84. The van der Waals surface area contributed by atoms with E-state index in [1.807, 2.05) is 6.07 Å². The summed E-state index contributed by atoms with van der Waals surface area (Å²) in [6.07, 6.45) is 8.61. The molecule has 1 aromatic carbocycles. The average Bonchev–Trinajstić information content (AvgIpc) is 3.08. The molecule has 0 saturated heterocycles. The molecule has 2 rings (SSSR count). The quantitative estimate of drug-likeness (QED) is 0.348. The molecule has 3 nitrogen and oxygen atoms in total. The van der Waals surface area contributed by atoms with Crippen LogP contribution in [0.2, 0.25) is 13.3 Å².